The molecule has 2 amide bonds. The van der Waals surface area contributed by atoms with Crippen molar-refractivity contribution in [2.75, 3.05) is 11.6 Å². The number of nitrogens with zero attached hydrogens (tertiary/aromatic N) is 2. The molecule has 26 heavy (non-hydrogen) atoms. The molecule has 1 N–H and O–H groups in total. The number of carbonyl (C=O) groups is 2. The number of hydrazone groups is 1. The van der Waals surface area contributed by atoms with E-state index < -0.39 is 0 Å². The maximum atomic E-state index is 12.9. The van der Waals surface area contributed by atoms with Gasteiger partial charge < -0.3 is 5.32 Å². The second-order valence-electron chi connectivity index (χ2n) is 6.22. The summed E-state index contributed by atoms with van der Waals surface area (Å²) in [6, 6.07) is 13.6. The summed E-state index contributed by atoms with van der Waals surface area (Å²) >= 11 is 0. The fourth-order valence-electron chi connectivity index (χ4n) is 2.75. The summed E-state index contributed by atoms with van der Waals surface area (Å²) in [4.78, 5) is 24.5. The number of nitrogens with one attached hydrogen (secondary N) is 1. The Morgan fingerprint density at radius 2 is 1.96 bits per heavy atom. The van der Waals surface area contributed by atoms with E-state index in [0.29, 0.717) is 30.8 Å². The lowest BCUT2D eigenvalue weighted by Crippen LogP contribution is -2.39. The van der Waals surface area contributed by atoms with E-state index in [4.69, 9.17) is 0 Å². The van der Waals surface area contributed by atoms with Gasteiger partial charge in [-0.3, -0.25) is 9.59 Å². The van der Waals surface area contributed by atoms with Crippen molar-refractivity contribution < 1.29 is 14.0 Å². The van der Waals surface area contributed by atoms with Crippen LogP contribution in [0.5, 0.6) is 0 Å². The van der Waals surface area contributed by atoms with Gasteiger partial charge in [-0.1, -0.05) is 24.3 Å². The molecule has 0 radical (unpaired) electrons. The third-order valence-electron chi connectivity index (χ3n) is 4.15. The Bertz CT molecular complexity index is 846. The number of anilines is 1. The fraction of sp³-hybridized carbons (Fsp3) is 0.250. The second-order valence-corrected chi connectivity index (χ2v) is 6.22. The van der Waals surface area contributed by atoms with Crippen LogP contribution in [0.3, 0.4) is 0 Å². The molecule has 0 spiro atoms. The number of hydrogen-bond acceptors (Lipinski definition) is 3. The summed E-state index contributed by atoms with van der Waals surface area (Å²) in [5, 5.41) is 8.36. The first-order valence-corrected chi connectivity index (χ1v) is 8.52. The first kappa shape index (κ1) is 17.8. The number of benzene rings is 2. The Kier molecular flexibility index (Phi) is 5.41. The molecule has 6 heteroatoms. The number of rotatable bonds is 5. The molecule has 134 valence electrons. The minimum atomic E-state index is -0.282. The van der Waals surface area contributed by atoms with Gasteiger partial charge in [0.05, 0.1) is 5.69 Å². The van der Waals surface area contributed by atoms with Crippen LogP contribution in [0.2, 0.25) is 0 Å². The Balaban J connectivity index is 1.63. The van der Waals surface area contributed by atoms with Crippen molar-refractivity contribution in [3.63, 3.8) is 0 Å². The van der Waals surface area contributed by atoms with E-state index in [1.807, 2.05) is 25.1 Å². The van der Waals surface area contributed by atoms with E-state index in [1.54, 1.807) is 18.2 Å². The Morgan fingerprint density at radius 1 is 1.19 bits per heavy atom. The van der Waals surface area contributed by atoms with Crippen LogP contribution in [0.4, 0.5) is 10.1 Å². The van der Waals surface area contributed by atoms with Crippen LogP contribution in [0.15, 0.2) is 53.6 Å². The monoisotopic (exact) mass is 353 g/mol. The Morgan fingerprint density at radius 3 is 2.69 bits per heavy atom. The van der Waals surface area contributed by atoms with Gasteiger partial charge in [-0.2, -0.15) is 5.10 Å². The molecule has 3 rings (SSSR count). The molecule has 0 fully saturated rings. The molecular weight excluding hydrogens is 333 g/mol. The third-order valence-corrected chi connectivity index (χ3v) is 4.15. The molecule has 1 aliphatic rings. The number of carbonyl (C=O) groups excluding carboxylic acids is 2. The molecule has 0 atom stereocenters. The predicted octanol–water partition coefficient (Wildman–Crippen LogP) is 2.98. The van der Waals surface area contributed by atoms with Crippen LogP contribution >= 0.6 is 0 Å². The topological polar surface area (TPSA) is 61.8 Å². The van der Waals surface area contributed by atoms with Crippen molar-refractivity contribution in [1.29, 1.82) is 0 Å². The van der Waals surface area contributed by atoms with Gasteiger partial charge in [0, 0.05) is 19.4 Å². The summed E-state index contributed by atoms with van der Waals surface area (Å²) in [6.45, 7) is 2.35. The highest BCUT2D eigenvalue weighted by molar-refractivity contribution is 6.40. The molecule has 0 unspecified atom stereocenters. The van der Waals surface area contributed by atoms with Gasteiger partial charge in [0.25, 0.3) is 5.91 Å². The van der Waals surface area contributed by atoms with E-state index in [2.05, 4.69) is 10.4 Å². The fourth-order valence-corrected chi connectivity index (χ4v) is 2.75. The molecule has 1 aliphatic heterocycles. The van der Waals surface area contributed by atoms with Gasteiger partial charge >= 0.3 is 0 Å². The van der Waals surface area contributed by atoms with Gasteiger partial charge in [-0.05, 0) is 48.7 Å². The molecule has 0 aliphatic carbocycles. The minimum Gasteiger partial charge on any atom is -0.351 e. The maximum absolute atomic E-state index is 12.9. The second kappa shape index (κ2) is 7.91. The zero-order valence-corrected chi connectivity index (χ0v) is 14.5. The zero-order chi connectivity index (χ0) is 18.5. The van der Waals surface area contributed by atoms with Crippen LogP contribution < -0.4 is 10.3 Å². The number of amides is 2. The van der Waals surface area contributed by atoms with Crippen LogP contribution in [-0.2, 0) is 16.0 Å². The quantitative estimate of drug-likeness (QED) is 0.898. The van der Waals surface area contributed by atoms with Crippen molar-refractivity contribution in [3.05, 3.63) is 65.5 Å². The lowest BCUT2D eigenvalue weighted by molar-refractivity contribution is -0.118. The van der Waals surface area contributed by atoms with Crippen molar-refractivity contribution in [1.82, 2.24) is 5.32 Å². The lowest BCUT2D eigenvalue weighted by Gasteiger charge is -2.23. The van der Waals surface area contributed by atoms with Crippen molar-refractivity contribution >= 4 is 23.2 Å². The molecule has 0 aromatic heterocycles. The molecule has 5 nitrogen and oxygen atoms in total. The van der Waals surface area contributed by atoms with Gasteiger partial charge in [-0.25, -0.2) is 9.40 Å². The van der Waals surface area contributed by atoms with Crippen molar-refractivity contribution in [2.45, 2.75) is 26.2 Å². The van der Waals surface area contributed by atoms with Gasteiger partial charge in [0.2, 0.25) is 5.91 Å². The molecular formula is C20H20FN3O2. The predicted molar refractivity (Wildman–Crippen MR) is 98.4 cm³/mol. The Labute approximate surface area is 151 Å². The number of aryl methyl sites for hydroxylation is 1. The average Bonchev–Trinajstić information content (AvgIpc) is 2.63. The van der Waals surface area contributed by atoms with Crippen LogP contribution in [-0.4, -0.2) is 24.1 Å². The van der Waals surface area contributed by atoms with E-state index in [9.17, 15) is 14.0 Å². The van der Waals surface area contributed by atoms with Gasteiger partial charge in [-0.15, -0.1) is 0 Å². The highest BCUT2D eigenvalue weighted by Crippen LogP contribution is 2.21. The van der Waals surface area contributed by atoms with Crippen molar-refractivity contribution in [3.8, 4) is 0 Å². The largest absolute Gasteiger partial charge is 0.351 e. The summed E-state index contributed by atoms with van der Waals surface area (Å²) in [5.74, 6) is -0.689. The summed E-state index contributed by atoms with van der Waals surface area (Å²) in [6.07, 6.45) is 1.17. The first-order chi connectivity index (χ1) is 12.5. The number of hydrogen-bond donors (Lipinski definition) is 1. The lowest BCUT2D eigenvalue weighted by atomic mass is 10.1. The smallest absolute Gasteiger partial charge is 0.267 e. The zero-order valence-electron chi connectivity index (χ0n) is 14.5. The standard InChI is InChI=1S/C20H20FN3O2/c1-14-3-2-4-17(13-14)24-19(25)10-9-18(23-24)20(26)22-12-11-15-5-7-16(21)8-6-15/h2-8,13H,9-12H2,1H3,(H,22,26). The summed E-state index contributed by atoms with van der Waals surface area (Å²) in [7, 11) is 0. The summed E-state index contributed by atoms with van der Waals surface area (Å²) in [5.41, 5.74) is 2.95. The van der Waals surface area contributed by atoms with E-state index in [0.717, 1.165) is 11.1 Å². The molecule has 0 saturated carbocycles. The molecule has 1 heterocycles. The van der Waals surface area contributed by atoms with E-state index in [-0.39, 0.29) is 24.1 Å². The molecule has 0 bridgehead atoms. The average molecular weight is 353 g/mol. The normalized spacial score (nSPS) is 14.2. The highest BCUT2D eigenvalue weighted by Gasteiger charge is 2.25. The molecule has 0 saturated heterocycles. The van der Waals surface area contributed by atoms with E-state index >= 15 is 0 Å². The van der Waals surface area contributed by atoms with Crippen LogP contribution in [0.1, 0.15) is 24.0 Å². The highest BCUT2D eigenvalue weighted by atomic mass is 19.1. The maximum Gasteiger partial charge on any atom is 0.267 e. The van der Waals surface area contributed by atoms with Gasteiger partial charge in [0.15, 0.2) is 0 Å². The molecule has 2 aromatic rings. The Hall–Kier alpha value is -3.02. The van der Waals surface area contributed by atoms with Crippen LogP contribution in [0.25, 0.3) is 0 Å². The first-order valence-electron chi connectivity index (χ1n) is 8.52. The minimum absolute atomic E-state index is 0.126. The SMILES string of the molecule is Cc1cccc(N2N=C(C(=O)NCCc3ccc(F)cc3)CCC2=O)c1. The molecule has 2 aromatic carbocycles. The van der Waals surface area contributed by atoms with E-state index in [1.165, 1.54) is 17.1 Å². The van der Waals surface area contributed by atoms with Crippen molar-refractivity contribution in [2.24, 2.45) is 5.10 Å². The van der Waals surface area contributed by atoms with Crippen LogP contribution in [0, 0.1) is 12.7 Å². The summed E-state index contributed by atoms with van der Waals surface area (Å²) < 4.78 is 12.9. The van der Waals surface area contributed by atoms with Gasteiger partial charge in [0.1, 0.15) is 11.5 Å². The third kappa shape index (κ3) is 4.33. The number of halogens is 1.